The Morgan fingerprint density at radius 1 is 0.333 bits per heavy atom. The van der Waals surface area contributed by atoms with E-state index < -0.39 is 0 Å². The third-order valence-electron chi connectivity index (χ3n) is 0. The Balaban J connectivity index is 0. The number of hydrogen-bond acceptors (Lipinski definition) is 0. The van der Waals surface area contributed by atoms with Crippen LogP contribution in [-0.2, 0) is 98.3 Å². The van der Waals surface area contributed by atoms with Crippen LogP contribution in [0.1, 0.15) is 0 Å². The summed E-state index contributed by atoms with van der Waals surface area (Å²) in [5.74, 6) is 0. The molecule has 0 aromatic heterocycles. The fourth-order valence-electron chi connectivity index (χ4n) is 0. The molecular weight excluding hydrogens is 271 g/mol. The van der Waals surface area contributed by atoms with Crippen LogP contribution in [0.5, 0.6) is 0 Å². The molecule has 1 nitrogen and oxygen atoms in total. The van der Waals surface area contributed by atoms with Gasteiger partial charge in [0.25, 0.3) is 0 Å². The van der Waals surface area contributed by atoms with Crippen molar-refractivity contribution in [1.82, 2.24) is 0 Å². The fraction of sp³-hybridized carbons (Fsp3) is 0. The molecule has 6 heavy (non-hydrogen) atoms. The van der Waals surface area contributed by atoms with E-state index in [1.165, 1.54) is 0 Å². The molecule has 8 valence electrons. The summed E-state index contributed by atoms with van der Waals surface area (Å²) in [5.41, 5.74) is 0. The van der Waals surface area contributed by atoms with Gasteiger partial charge >= 0.3 is 92.8 Å². The van der Waals surface area contributed by atoms with Crippen molar-refractivity contribution in [2.24, 2.45) is 0 Å². The second-order valence-corrected chi connectivity index (χ2v) is 0. The summed E-state index contributed by atoms with van der Waals surface area (Å²) >= 11 is 0. The monoisotopic (exact) mass is 271 g/mol. The Kier molecular flexibility index (Phi) is 498. The summed E-state index contributed by atoms with van der Waals surface area (Å²) in [5, 5.41) is 0. The number of hydrogen-bond donors (Lipinski definition) is 0. The third-order valence-corrected chi connectivity index (χ3v) is 0. The zero-order valence-electron chi connectivity index (χ0n) is 2.64. The van der Waals surface area contributed by atoms with Crippen molar-refractivity contribution in [3.8, 4) is 0 Å². The molecule has 0 saturated heterocycles. The molecule has 0 rings (SSSR count). The van der Waals surface area contributed by atoms with E-state index in [0.717, 1.165) is 0 Å². The van der Waals surface area contributed by atoms with Crippen LogP contribution < -0.4 is 0 Å². The van der Waals surface area contributed by atoms with Crippen molar-refractivity contribution in [3.63, 3.8) is 0 Å². The molecule has 6 heteroatoms. The Hall–Kier alpha value is 2.88. The van der Waals surface area contributed by atoms with Gasteiger partial charge in [0, 0.05) is 0 Å². The van der Waals surface area contributed by atoms with E-state index in [9.17, 15) is 0 Å². The molecule has 0 aliphatic heterocycles. The summed E-state index contributed by atoms with van der Waals surface area (Å²) in [7, 11) is 0. The molecule has 0 spiro atoms. The second-order valence-electron chi connectivity index (χ2n) is 0. The second kappa shape index (κ2) is 44.9. The number of rotatable bonds is 0. The molecule has 0 heterocycles. The molecule has 0 saturated carbocycles. The van der Waals surface area contributed by atoms with Crippen molar-refractivity contribution < 1.29 is 98.3 Å². The van der Waals surface area contributed by atoms with Gasteiger partial charge in [-0.1, -0.05) is 0 Å². The zero-order chi connectivity index (χ0) is 0. The molecule has 0 aromatic rings. The van der Waals surface area contributed by atoms with Crippen molar-refractivity contribution >= 4 is 0 Å². The van der Waals surface area contributed by atoms with E-state index >= 15 is 0 Å². The van der Waals surface area contributed by atoms with Crippen LogP contribution in [0.4, 0.5) is 0 Å². The van der Waals surface area contributed by atoms with Crippen LogP contribution in [0.3, 0.4) is 0 Å². The Morgan fingerprint density at radius 3 is 0.333 bits per heavy atom. The van der Waals surface area contributed by atoms with E-state index in [4.69, 9.17) is 0 Å². The summed E-state index contributed by atoms with van der Waals surface area (Å²) in [6, 6.07) is 0. The molecule has 0 fully saturated rings. The Morgan fingerprint density at radius 2 is 0.333 bits per heavy atom. The molecular formula is OV5+23. The average molecular weight is 271 g/mol. The molecule has 0 amide bonds. The molecule has 0 aliphatic rings. The molecule has 0 unspecified atom stereocenters. The van der Waals surface area contributed by atoms with Crippen molar-refractivity contribution in [1.29, 1.82) is 0 Å². The van der Waals surface area contributed by atoms with Crippen LogP contribution >= 0.6 is 0 Å². The standard InChI is InChI=1S/O.5V/q-2;5*+5. The average Bonchev–Trinajstić information content (AvgIpc) is 0. The van der Waals surface area contributed by atoms with Gasteiger partial charge in [0.2, 0.25) is 0 Å². The molecule has 0 bridgehead atoms. The zero-order valence-corrected chi connectivity index (χ0v) is 9.63. The first-order valence-corrected chi connectivity index (χ1v) is 0. The van der Waals surface area contributed by atoms with E-state index in [2.05, 4.69) is 0 Å². The normalized spacial score (nSPS) is 0. The van der Waals surface area contributed by atoms with Gasteiger partial charge in [-0.2, -0.15) is 0 Å². The van der Waals surface area contributed by atoms with Crippen molar-refractivity contribution in [3.05, 3.63) is 0 Å². The summed E-state index contributed by atoms with van der Waals surface area (Å²) in [6.45, 7) is 0. The van der Waals surface area contributed by atoms with Gasteiger partial charge in [0.05, 0.1) is 0 Å². The summed E-state index contributed by atoms with van der Waals surface area (Å²) < 4.78 is 0. The SMILES string of the molecule is [O-2].[V+5].[V+5].[V+5].[V+5].[V+5]. The van der Waals surface area contributed by atoms with Crippen LogP contribution in [0.25, 0.3) is 0 Å². The summed E-state index contributed by atoms with van der Waals surface area (Å²) in [4.78, 5) is 0. The van der Waals surface area contributed by atoms with E-state index in [0.29, 0.717) is 0 Å². The predicted octanol–water partition coefficient (Wildman–Crippen LogP) is -0.131. The molecule has 0 aliphatic carbocycles. The smallest absolute Gasteiger partial charge is 2.00 e. The summed E-state index contributed by atoms with van der Waals surface area (Å²) in [6.07, 6.45) is 0. The maximum absolute atomic E-state index is 0. The van der Waals surface area contributed by atoms with Crippen LogP contribution in [0, 0.1) is 0 Å². The molecule has 0 radical (unpaired) electrons. The van der Waals surface area contributed by atoms with E-state index in [1.54, 1.807) is 0 Å². The minimum Gasteiger partial charge on any atom is -2.00 e. The van der Waals surface area contributed by atoms with Crippen molar-refractivity contribution in [2.45, 2.75) is 0 Å². The first-order chi connectivity index (χ1) is 0. The van der Waals surface area contributed by atoms with Gasteiger partial charge in [-0.05, 0) is 0 Å². The Labute approximate surface area is 96.9 Å². The van der Waals surface area contributed by atoms with E-state index in [-0.39, 0.29) is 98.3 Å². The maximum Gasteiger partial charge on any atom is 5.00 e. The van der Waals surface area contributed by atoms with Crippen molar-refractivity contribution in [2.75, 3.05) is 0 Å². The maximum atomic E-state index is 0. The van der Waals surface area contributed by atoms with Crippen LogP contribution in [0.15, 0.2) is 0 Å². The van der Waals surface area contributed by atoms with Gasteiger partial charge in [0.1, 0.15) is 0 Å². The van der Waals surface area contributed by atoms with Gasteiger partial charge in [-0.15, -0.1) is 0 Å². The topological polar surface area (TPSA) is 28.5 Å². The molecule has 0 atom stereocenters. The molecule has 0 N–H and O–H groups in total. The fourth-order valence-corrected chi connectivity index (χ4v) is 0. The predicted molar refractivity (Wildman–Crippen MR) is 0.686 cm³/mol. The van der Waals surface area contributed by atoms with Gasteiger partial charge < -0.3 is 5.48 Å². The van der Waals surface area contributed by atoms with Gasteiger partial charge in [-0.3, -0.25) is 0 Å². The first kappa shape index (κ1) is 66.4. The van der Waals surface area contributed by atoms with Crippen LogP contribution in [0.2, 0.25) is 0 Å². The largest absolute Gasteiger partial charge is 5.00 e. The van der Waals surface area contributed by atoms with Gasteiger partial charge in [-0.25, -0.2) is 0 Å². The minimum atomic E-state index is 0. The van der Waals surface area contributed by atoms with Gasteiger partial charge in [0.15, 0.2) is 0 Å². The minimum absolute atomic E-state index is 0. The Bertz CT molecular complexity index is 3.90. The first-order valence-electron chi connectivity index (χ1n) is 0. The van der Waals surface area contributed by atoms with E-state index in [1.807, 2.05) is 0 Å². The van der Waals surface area contributed by atoms with Crippen LogP contribution in [-0.4, -0.2) is 0 Å². The molecule has 0 aromatic carbocycles. The third kappa shape index (κ3) is 28.7. The quantitative estimate of drug-likeness (QED) is 0.587.